The number of halogens is 1. The Hall–Kier alpha value is -1.85. The predicted octanol–water partition coefficient (Wildman–Crippen LogP) is 4.95. The van der Waals surface area contributed by atoms with E-state index in [1.165, 1.54) is 11.3 Å². The van der Waals surface area contributed by atoms with Gasteiger partial charge in [-0.2, -0.15) is 0 Å². The summed E-state index contributed by atoms with van der Waals surface area (Å²) in [5, 5.41) is 3.77. The maximum Gasteiger partial charge on any atom is 0.341 e. The molecule has 0 unspecified atom stereocenters. The number of hydrogen-bond donors (Lipinski definition) is 1. The van der Waals surface area contributed by atoms with E-state index in [4.69, 9.17) is 16.3 Å². The van der Waals surface area contributed by atoms with Crippen LogP contribution in [0.25, 0.3) is 0 Å². The van der Waals surface area contributed by atoms with Crippen molar-refractivity contribution in [3.8, 4) is 0 Å². The van der Waals surface area contributed by atoms with Gasteiger partial charge in [0.1, 0.15) is 5.00 Å². The SMILES string of the molecule is CCOC(=O)c1cc(C(C)C)sc1NC(=O)c1cccc(Cl)c1. The highest BCUT2D eigenvalue weighted by atomic mass is 35.5. The molecule has 1 aromatic heterocycles. The normalized spacial score (nSPS) is 10.7. The number of ether oxygens (including phenoxy) is 1. The molecule has 0 bridgehead atoms. The third-order valence-corrected chi connectivity index (χ3v) is 4.72. The summed E-state index contributed by atoms with van der Waals surface area (Å²) in [6, 6.07) is 8.43. The average molecular weight is 352 g/mol. The quantitative estimate of drug-likeness (QED) is 0.775. The van der Waals surface area contributed by atoms with Gasteiger partial charge in [-0.1, -0.05) is 31.5 Å². The lowest BCUT2D eigenvalue weighted by Gasteiger charge is -2.06. The molecule has 4 nitrogen and oxygen atoms in total. The van der Waals surface area contributed by atoms with E-state index >= 15 is 0 Å². The molecule has 6 heteroatoms. The van der Waals surface area contributed by atoms with Gasteiger partial charge in [0, 0.05) is 15.5 Å². The minimum atomic E-state index is -0.433. The molecule has 0 spiro atoms. The maximum atomic E-state index is 12.4. The molecule has 122 valence electrons. The van der Waals surface area contributed by atoms with Crippen molar-refractivity contribution in [2.24, 2.45) is 0 Å². The molecule has 1 aromatic carbocycles. The number of nitrogens with one attached hydrogen (secondary N) is 1. The molecule has 2 rings (SSSR count). The Morgan fingerprint density at radius 3 is 2.65 bits per heavy atom. The van der Waals surface area contributed by atoms with Crippen LogP contribution in [-0.2, 0) is 4.74 Å². The molecule has 23 heavy (non-hydrogen) atoms. The Morgan fingerprint density at radius 1 is 1.30 bits per heavy atom. The van der Waals surface area contributed by atoms with Crippen LogP contribution in [0.1, 0.15) is 52.3 Å². The largest absolute Gasteiger partial charge is 0.462 e. The summed E-state index contributed by atoms with van der Waals surface area (Å²) >= 11 is 7.29. The van der Waals surface area contributed by atoms with E-state index in [0.29, 0.717) is 21.2 Å². The summed E-state index contributed by atoms with van der Waals surface area (Å²) in [5.41, 5.74) is 0.822. The summed E-state index contributed by atoms with van der Waals surface area (Å²) in [7, 11) is 0. The number of amides is 1. The van der Waals surface area contributed by atoms with Crippen LogP contribution >= 0.6 is 22.9 Å². The summed E-state index contributed by atoms with van der Waals surface area (Å²) in [6.07, 6.45) is 0. The molecule has 0 atom stereocenters. The van der Waals surface area contributed by atoms with Gasteiger partial charge < -0.3 is 10.1 Å². The second-order valence-electron chi connectivity index (χ2n) is 5.23. The lowest BCUT2D eigenvalue weighted by atomic mass is 10.1. The van der Waals surface area contributed by atoms with E-state index < -0.39 is 5.97 Å². The van der Waals surface area contributed by atoms with Crippen LogP contribution in [0.3, 0.4) is 0 Å². The lowest BCUT2D eigenvalue weighted by molar-refractivity contribution is 0.0528. The minimum absolute atomic E-state index is 0.255. The lowest BCUT2D eigenvalue weighted by Crippen LogP contribution is -2.14. The fraction of sp³-hybridized carbons (Fsp3) is 0.294. The van der Waals surface area contributed by atoms with Crippen molar-refractivity contribution in [2.45, 2.75) is 26.7 Å². The number of benzene rings is 1. The maximum absolute atomic E-state index is 12.4. The van der Waals surface area contributed by atoms with Crippen molar-refractivity contribution in [1.29, 1.82) is 0 Å². The van der Waals surface area contributed by atoms with E-state index in [1.54, 1.807) is 37.3 Å². The van der Waals surface area contributed by atoms with Crippen LogP contribution in [-0.4, -0.2) is 18.5 Å². The van der Waals surface area contributed by atoms with Crippen molar-refractivity contribution in [3.63, 3.8) is 0 Å². The van der Waals surface area contributed by atoms with Crippen LogP contribution < -0.4 is 5.32 Å². The number of anilines is 1. The van der Waals surface area contributed by atoms with Gasteiger partial charge in [-0.3, -0.25) is 4.79 Å². The summed E-state index contributed by atoms with van der Waals surface area (Å²) < 4.78 is 5.06. The molecule has 0 fully saturated rings. The van der Waals surface area contributed by atoms with E-state index in [2.05, 4.69) is 5.32 Å². The number of carbonyl (C=O) groups is 2. The highest BCUT2D eigenvalue weighted by molar-refractivity contribution is 7.16. The first-order valence-electron chi connectivity index (χ1n) is 7.30. The average Bonchev–Trinajstić information content (AvgIpc) is 2.91. The minimum Gasteiger partial charge on any atom is -0.462 e. The summed E-state index contributed by atoms with van der Waals surface area (Å²) in [4.78, 5) is 25.5. The Balaban J connectivity index is 2.30. The Labute approximate surface area is 144 Å². The first-order valence-corrected chi connectivity index (χ1v) is 8.49. The van der Waals surface area contributed by atoms with E-state index in [-0.39, 0.29) is 18.4 Å². The number of hydrogen-bond acceptors (Lipinski definition) is 4. The molecule has 0 saturated carbocycles. The monoisotopic (exact) mass is 351 g/mol. The fourth-order valence-corrected chi connectivity index (χ4v) is 3.19. The second-order valence-corrected chi connectivity index (χ2v) is 6.75. The van der Waals surface area contributed by atoms with Gasteiger partial charge in [0.2, 0.25) is 0 Å². The Bertz CT molecular complexity index is 724. The van der Waals surface area contributed by atoms with Crippen molar-refractivity contribution in [2.75, 3.05) is 11.9 Å². The molecule has 0 aliphatic rings. The van der Waals surface area contributed by atoms with Crippen LogP contribution in [0, 0.1) is 0 Å². The highest BCUT2D eigenvalue weighted by Gasteiger charge is 2.20. The van der Waals surface area contributed by atoms with Crippen LogP contribution in [0.15, 0.2) is 30.3 Å². The predicted molar refractivity (Wildman–Crippen MR) is 93.8 cm³/mol. The van der Waals surface area contributed by atoms with Crippen molar-refractivity contribution >= 4 is 39.8 Å². The van der Waals surface area contributed by atoms with E-state index in [9.17, 15) is 9.59 Å². The van der Waals surface area contributed by atoms with Gasteiger partial charge in [0.25, 0.3) is 5.91 Å². The van der Waals surface area contributed by atoms with Gasteiger partial charge in [0.05, 0.1) is 12.2 Å². The number of carbonyl (C=O) groups excluding carboxylic acids is 2. The van der Waals surface area contributed by atoms with Crippen LogP contribution in [0.4, 0.5) is 5.00 Å². The van der Waals surface area contributed by atoms with Crippen molar-refractivity contribution in [3.05, 3.63) is 51.4 Å². The zero-order chi connectivity index (χ0) is 17.0. The molecule has 0 radical (unpaired) electrons. The van der Waals surface area contributed by atoms with Crippen molar-refractivity contribution in [1.82, 2.24) is 0 Å². The number of rotatable bonds is 5. The van der Waals surface area contributed by atoms with Gasteiger partial charge in [-0.05, 0) is 37.1 Å². The third-order valence-electron chi connectivity index (χ3n) is 3.13. The molecule has 2 aromatic rings. The molecule has 1 amide bonds. The fourth-order valence-electron chi connectivity index (χ4n) is 1.95. The van der Waals surface area contributed by atoms with Crippen molar-refractivity contribution < 1.29 is 14.3 Å². The molecule has 1 heterocycles. The highest BCUT2D eigenvalue weighted by Crippen LogP contribution is 2.33. The molecule has 0 saturated heterocycles. The smallest absolute Gasteiger partial charge is 0.341 e. The molecule has 0 aliphatic heterocycles. The standard InChI is InChI=1S/C17H18ClNO3S/c1-4-22-17(21)13-9-14(10(2)3)23-16(13)19-15(20)11-6-5-7-12(18)8-11/h5-10H,4H2,1-3H3,(H,19,20). The molecule has 1 N–H and O–H groups in total. The zero-order valence-electron chi connectivity index (χ0n) is 13.2. The van der Waals surface area contributed by atoms with Gasteiger partial charge in [0.15, 0.2) is 0 Å². The molecular formula is C17H18ClNO3S. The van der Waals surface area contributed by atoms with Gasteiger partial charge in [-0.15, -0.1) is 11.3 Å². The number of thiophene rings is 1. The van der Waals surface area contributed by atoms with Gasteiger partial charge >= 0.3 is 5.97 Å². The van der Waals surface area contributed by atoms with Crippen LogP contribution in [0.2, 0.25) is 5.02 Å². The Kier molecular flexibility index (Phi) is 5.80. The zero-order valence-corrected chi connectivity index (χ0v) is 14.8. The molecule has 0 aliphatic carbocycles. The first-order chi connectivity index (χ1) is 10.9. The third kappa shape index (κ3) is 4.33. The summed E-state index contributed by atoms with van der Waals surface area (Å²) in [6.45, 7) is 6.10. The Morgan fingerprint density at radius 2 is 2.04 bits per heavy atom. The van der Waals surface area contributed by atoms with Gasteiger partial charge in [-0.25, -0.2) is 4.79 Å². The topological polar surface area (TPSA) is 55.4 Å². The first kappa shape index (κ1) is 17.5. The molecular weight excluding hydrogens is 334 g/mol. The van der Waals surface area contributed by atoms with E-state index in [1.807, 2.05) is 13.8 Å². The second kappa shape index (κ2) is 7.62. The summed E-state index contributed by atoms with van der Waals surface area (Å²) in [5.74, 6) is -0.489. The van der Waals surface area contributed by atoms with E-state index in [0.717, 1.165) is 4.88 Å². The van der Waals surface area contributed by atoms with Crippen LogP contribution in [0.5, 0.6) is 0 Å². The number of esters is 1.